The zero-order chi connectivity index (χ0) is 13.0. The third-order valence-corrected chi connectivity index (χ3v) is 2.92. The third-order valence-electron chi connectivity index (χ3n) is 2.74. The lowest BCUT2D eigenvalue weighted by atomic mass is 10.2. The normalized spacial score (nSPS) is 12.2. The molecule has 0 aliphatic carbocycles. The zero-order valence-corrected chi connectivity index (χ0v) is 11.2. The smallest absolute Gasteiger partial charge is 0.245 e. The molecule has 1 atom stereocenters. The monoisotopic (exact) mass is 254 g/mol. The van der Waals surface area contributed by atoms with Gasteiger partial charge in [-0.05, 0) is 20.8 Å². The number of likely N-dealkylation sites (N-methyl/N-ethyl adjacent to an activating group) is 1. The van der Waals surface area contributed by atoms with E-state index in [0.717, 1.165) is 0 Å². The minimum Gasteiger partial charge on any atom is -0.387 e. The average molecular weight is 254 g/mol. The van der Waals surface area contributed by atoms with Gasteiger partial charge in [-0.25, -0.2) is 4.98 Å². The van der Waals surface area contributed by atoms with Crippen LogP contribution in [0.5, 0.6) is 0 Å². The van der Waals surface area contributed by atoms with Gasteiger partial charge in [0.15, 0.2) is 5.82 Å². The lowest BCUT2D eigenvalue weighted by Crippen LogP contribution is -2.36. The number of rotatable bonds is 5. The van der Waals surface area contributed by atoms with Gasteiger partial charge in [0, 0.05) is 25.5 Å². The number of amides is 1. The molecule has 1 aromatic rings. The first-order valence-corrected chi connectivity index (χ1v) is 6.05. The molecule has 94 valence electrons. The van der Waals surface area contributed by atoms with Crippen LogP contribution in [0.1, 0.15) is 32.6 Å². The number of nitrogens with two attached hydrogens (primary N) is 1. The first-order chi connectivity index (χ1) is 8.02. The first kappa shape index (κ1) is 13.6. The molecular formula is C11H18N4OS. The summed E-state index contributed by atoms with van der Waals surface area (Å²) in [6, 6.07) is -0.339. The van der Waals surface area contributed by atoms with Gasteiger partial charge in [-0.1, -0.05) is 12.2 Å². The van der Waals surface area contributed by atoms with E-state index in [2.05, 4.69) is 4.98 Å². The maximum Gasteiger partial charge on any atom is 0.245 e. The van der Waals surface area contributed by atoms with Crippen LogP contribution in [0, 0.1) is 0 Å². The summed E-state index contributed by atoms with van der Waals surface area (Å²) >= 11 is 4.90. The lowest BCUT2D eigenvalue weighted by molar-refractivity contribution is -0.133. The molecule has 0 radical (unpaired) electrons. The Morgan fingerprint density at radius 3 is 2.65 bits per heavy atom. The summed E-state index contributed by atoms with van der Waals surface area (Å²) in [5, 5.41) is 0. The SMILES string of the molecule is CCN(CC)C(=O)C(C)n1ccnc1C(N)=S. The number of hydrogen-bond acceptors (Lipinski definition) is 3. The van der Waals surface area contributed by atoms with E-state index in [4.69, 9.17) is 18.0 Å². The van der Waals surface area contributed by atoms with Crippen molar-refractivity contribution in [3.63, 3.8) is 0 Å². The Kier molecular flexibility index (Phi) is 4.62. The van der Waals surface area contributed by atoms with Gasteiger partial charge in [0.1, 0.15) is 11.0 Å². The van der Waals surface area contributed by atoms with Crippen molar-refractivity contribution >= 4 is 23.1 Å². The minimum atomic E-state index is -0.339. The van der Waals surface area contributed by atoms with Crippen molar-refractivity contribution in [2.24, 2.45) is 5.73 Å². The van der Waals surface area contributed by atoms with Gasteiger partial charge in [0.05, 0.1) is 0 Å². The largest absolute Gasteiger partial charge is 0.387 e. The van der Waals surface area contributed by atoms with Crippen LogP contribution in [0.3, 0.4) is 0 Å². The average Bonchev–Trinajstić information content (AvgIpc) is 2.78. The minimum absolute atomic E-state index is 0.0468. The number of thiocarbonyl (C=S) groups is 1. The number of nitrogens with zero attached hydrogens (tertiary/aromatic N) is 3. The lowest BCUT2D eigenvalue weighted by Gasteiger charge is -2.24. The molecule has 1 rings (SSSR count). The van der Waals surface area contributed by atoms with Crippen LogP contribution in [0.25, 0.3) is 0 Å². The van der Waals surface area contributed by atoms with Crippen LogP contribution in [0.15, 0.2) is 12.4 Å². The molecule has 1 aromatic heterocycles. The molecule has 1 heterocycles. The second-order valence-corrected chi connectivity index (χ2v) is 4.15. The summed E-state index contributed by atoms with van der Waals surface area (Å²) in [5.74, 6) is 0.526. The van der Waals surface area contributed by atoms with E-state index in [9.17, 15) is 4.79 Å². The summed E-state index contributed by atoms with van der Waals surface area (Å²) in [4.78, 5) is 18.2. The Morgan fingerprint density at radius 1 is 1.59 bits per heavy atom. The summed E-state index contributed by atoms with van der Waals surface area (Å²) in [5.41, 5.74) is 5.56. The van der Waals surface area contributed by atoms with E-state index in [1.165, 1.54) is 0 Å². The second kappa shape index (κ2) is 5.77. The third kappa shape index (κ3) is 2.82. The van der Waals surface area contributed by atoms with E-state index in [-0.39, 0.29) is 16.9 Å². The molecule has 0 aliphatic rings. The predicted molar refractivity (Wildman–Crippen MR) is 70.8 cm³/mol. The molecule has 1 amide bonds. The van der Waals surface area contributed by atoms with Crippen molar-refractivity contribution < 1.29 is 4.79 Å². The van der Waals surface area contributed by atoms with Crippen LogP contribution < -0.4 is 5.73 Å². The van der Waals surface area contributed by atoms with Crippen molar-refractivity contribution in [3.8, 4) is 0 Å². The summed E-state index contributed by atoms with van der Waals surface area (Å²) < 4.78 is 1.71. The molecule has 0 spiro atoms. The quantitative estimate of drug-likeness (QED) is 0.795. The zero-order valence-electron chi connectivity index (χ0n) is 10.4. The summed E-state index contributed by atoms with van der Waals surface area (Å²) in [7, 11) is 0. The molecule has 6 heteroatoms. The fourth-order valence-electron chi connectivity index (χ4n) is 1.73. The molecule has 2 N–H and O–H groups in total. The van der Waals surface area contributed by atoms with E-state index in [1.807, 2.05) is 20.8 Å². The standard InChI is InChI=1S/C11H18N4OS/c1-4-14(5-2)11(16)8(3)15-7-6-13-10(15)9(12)17/h6-8H,4-5H2,1-3H3,(H2,12,17). The Bertz CT molecular complexity index is 411. The van der Waals surface area contributed by atoms with Crippen LogP contribution in [0.2, 0.25) is 0 Å². The van der Waals surface area contributed by atoms with Gasteiger partial charge < -0.3 is 15.2 Å². The van der Waals surface area contributed by atoms with Gasteiger partial charge >= 0.3 is 0 Å². The Balaban J connectivity index is 2.96. The van der Waals surface area contributed by atoms with Crippen molar-refractivity contribution in [1.29, 1.82) is 0 Å². The van der Waals surface area contributed by atoms with Crippen LogP contribution in [0.4, 0.5) is 0 Å². The Morgan fingerprint density at radius 2 is 2.18 bits per heavy atom. The van der Waals surface area contributed by atoms with Gasteiger partial charge in [-0.15, -0.1) is 0 Å². The molecule has 1 unspecified atom stereocenters. The highest BCUT2D eigenvalue weighted by Gasteiger charge is 2.22. The van der Waals surface area contributed by atoms with Crippen LogP contribution >= 0.6 is 12.2 Å². The fourth-order valence-corrected chi connectivity index (χ4v) is 1.89. The predicted octanol–water partition coefficient (Wildman–Crippen LogP) is 0.947. The molecule has 0 saturated heterocycles. The maximum atomic E-state index is 12.2. The molecule has 17 heavy (non-hydrogen) atoms. The number of carbonyl (C=O) groups is 1. The highest BCUT2D eigenvalue weighted by atomic mass is 32.1. The molecule has 0 aliphatic heterocycles. The molecule has 0 fully saturated rings. The maximum absolute atomic E-state index is 12.2. The second-order valence-electron chi connectivity index (χ2n) is 3.71. The molecule has 5 nitrogen and oxygen atoms in total. The van der Waals surface area contributed by atoms with E-state index in [0.29, 0.717) is 18.9 Å². The van der Waals surface area contributed by atoms with Crippen molar-refractivity contribution in [2.45, 2.75) is 26.8 Å². The number of imidazole rings is 1. The van der Waals surface area contributed by atoms with E-state index >= 15 is 0 Å². The Hall–Kier alpha value is -1.43. The molecule has 0 saturated carbocycles. The molecule has 0 aromatic carbocycles. The van der Waals surface area contributed by atoms with Crippen molar-refractivity contribution in [3.05, 3.63) is 18.2 Å². The van der Waals surface area contributed by atoms with Gasteiger partial charge in [0.2, 0.25) is 5.91 Å². The number of carbonyl (C=O) groups excluding carboxylic acids is 1. The van der Waals surface area contributed by atoms with Crippen LogP contribution in [-0.2, 0) is 4.79 Å². The van der Waals surface area contributed by atoms with Gasteiger partial charge in [-0.2, -0.15) is 0 Å². The molecular weight excluding hydrogens is 236 g/mol. The van der Waals surface area contributed by atoms with E-state index < -0.39 is 0 Å². The van der Waals surface area contributed by atoms with Gasteiger partial charge in [-0.3, -0.25) is 4.79 Å². The number of aromatic nitrogens is 2. The fraction of sp³-hybridized carbons (Fsp3) is 0.545. The molecule has 0 bridgehead atoms. The van der Waals surface area contributed by atoms with Crippen molar-refractivity contribution in [2.75, 3.05) is 13.1 Å². The highest BCUT2D eigenvalue weighted by Crippen LogP contribution is 2.12. The highest BCUT2D eigenvalue weighted by molar-refractivity contribution is 7.80. The summed E-state index contributed by atoms with van der Waals surface area (Å²) in [6.07, 6.45) is 3.32. The van der Waals surface area contributed by atoms with E-state index in [1.54, 1.807) is 21.9 Å². The Labute approximate surface area is 107 Å². The van der Waals surface area contributed by atoms with Crippen molar-refractivity contribution in [1.82, 2.24) is 14.5 Å². The van der Waals surface area contributed by atoms with Gasteiger partial charge in [0.25, 0.3) is 0 Å². The van der Waals surface area contributed by atoms with Crippen LogP contribution in [-0.4, -0.2) is 38.4 Å². The summed E-state index contributed by atoms with van der Waals surface area (Å²) in [6.45, 7) is 7.12. The topological polar surface area (TPSA) is 64.2 Å². The first-order valence-electron chi connectivity index (χ1n) is 5.64. The number of hydrogen-bond donors (Lipinski definition) is 1.